The zero-order chi connectivity index (χ0) is 14.9. The second-order valence-corrected chi connectivity index (χ2v) is 4.65. The topological polar surface area (TPSA) is 83.1 Å². The van der Waals surface area contributed by atoms with E-state index in [1.54, 1.807) is 25.8 Å². The molecule has 2 aromatic heterocycles. The van der Waals surface area contributed by atoms with Gasteiger partial charge in [-0.05, 0) is 6.42 Å². The van der Waals surface area contributed by atoms with Gasteiger partial charge in [-0.3, -0.25) is 13.9 Å². The summed E-state index contributed by atoms with van der Waals surface area (Å²) in [5.41, 5.74) is 0.0632. The van der Waals surface area contributed by atoms with E-state index in [2.05, 4.69) is 10.3 Å². The van der Waals surface area contributed by atoms with Crippen molar-refractivity contribution >= 4 is 17.1 Å². The third kappa shape index (κ3) is 2.22. The molecule has 2 rings (SSSR count). The Morgan fingerprint density at radius 2 is 1.85 bits per heavy atom. The molecule has 0 aliphatic carbocycles. The van der Waals surface area contributed by atoms with Crippen molar-refractivity contribution < 1.29 is 4.74 Å². The van der Waals surface area contributed by atoms with E-state index in [4.69, 9.17) is 4.74 Å². The van der Waals surface area contributed by atoms with E-state index in [1.165, 1.54) is 11.6 Å². The van der Waals surface area contributed by atoms with Crippen LogP contribution in [0.25, 0.3) is 11.2 Å². The third-order valence-corrected chi connectivity index (χ3v) is 3.28. The summed E-state index contributed by atoms with van der Waals surface area (Å²) in [5, 5.41) is 3.14. The Morgan fingerprint density at radius 3 is 2.50 bits per heavy atom. The molecule has 0 aliphatic rings. The van der Waals surface area contributed by atoms with Crippen molar-refractivity contribution in [3.05, 3.63) is 20.8 Å². The van der Waals surface area contributed by atoms with Crippen molar-refractivity contribution in [3.63, 3.8) is 0 Å². The Morgan fingerprint density at radius 1 is 1.15 bits per heavy atom. The Balaban J connectivity index is 2.48. The molecule has 0 bridgehead atoms. The van der Waals surface area contributed by atoms with Crippen LogP contribution in [0.15, 0.2) is 9.59 Å². The van der Waals surface area contributed by atoms with Crippen LogP contribution in [-0.4, -0.2) is 38.9 Å². The highest BCUT2D eigenvalue weighted by molar-refractivity contribution is 5.74. The minimum Gasteiger partial charge on any atom is -0.385 e. The molecule has 0 radical (unpaired) electrons. The van der Waals surface area contributed by atoms with Gasteiger partial charge < -0.3 is 14.6 Å². The van der Waals surface area contributed by atoms with Crippen LogP contribution in [-0.2, 0) is 25.9 Å². The number of aromatic nitrogens is 4. The van der Waals surface area contributed by atoms with E-state index in [9.17, 15) is 9.59 Å². The number of hydrogen-bond donors (Lipinski definition) is 1. The van der Waals surface area contributed by atoms with Crippen molar-refractivity contribution in [2.75, 3.05) is 25.6 Å². The maximum absolute atomic E-state index is 12.2. The average molecular weight is 281 g/mol. The lowest BCUT2D eigenvalue weighted by atomic mass is 10.4. The predicted octanol–water partition coefficient (Wildman–Crippen LogP) is -0.581. The molecule has 0 unspecified atom stereocenters. The summed E-state index contributed by atoms with van der Waals surface area (Å²) < 4.78 is 9.10. The van der Waals surface area contributed by atoms with Crippen molar-refractivity contribution in [1.82, 2.24) is 18.7 Å². The van der Waals surface area contributed by atoms with Gasteiger partial charge in [-0.2, -0.15) is 4.98 Å². The summed E-state index contributed by atoms with van der Waals surface area (Å²) in [6.45, 7) is 1.33. The van der Waals surface area contributed by atoms with Gasteiger partial charge in [0.15, 0.2) is 11.2 Å². The lowest BCUT2D eigenvalue weighted by Gasteiger charge is -2.05. The van der Waals surface area contributed by atoms with Gasteiger partial charge in [-0.15, -0.1) is 0 Å². The molecule has 0 saturated heterocycles. The van der Waals surface area contributed by atoms with Crippen molar-refractivity contribution in [1.29, 1.82) is 0 Å². The molecule has 0 aromatic carbocycles. The number of hydrogen-bond acceptors (Lipinski definition) is 5. The summed E-state index contributed by atoms with van der Waals surface area (Å²) in [5.74, 6) is 0.564. The standard InChI is InChI=1S/C12H19N5O3/c1-15-8-9(14-11(15)13-6-5-7-20-4)16(2)12(19)17(3)10(8)18/h5-7H2,1-4H3,(H,13,14). The van der Waals surface area contributed by atoms with E-state index < -0.39 is 0 Å². The normalized spacial score (nSPS) is 11.2. The zero-order valence-corrected chi connectivity index (χ0v) is 12.1. The first-order chi connectivity index (χ1) is 9.49. The van der Waals surface area contributed by atoms with E-state index >= 15 is 0 Å². The van der Waals surface area contributed by atoms with Gasteiger partial charge in [0, 0.05) is 41.4 Å². The van der Waals surface area contributed by atoms with Crippen LogP contribution in [0.4, 0.5) is 5.95 Å². The number of imidazole rings is 1. The molecular weight excluding hydrogens is 262 g/mol. The van der Waals surface area contributed by atoms with E-state index in [0.717, 1.165) is 11.0 Å². The Labute approximate surface area is 115 Å². The number of nitrogens with zero attached hydrogens (tertiary/aromatic N) is 4. The van der Waals surface area contributed by atoms with Crippen molar-refractivity contribution in [2.24, 2.45) is 21.1 Å². The number of methoxy groups -OCH3 is 1. The lowest BCUT2D eigenvalue weighted by molar-refractivity contribution is 0.197. The number of ether oxygens (including phenoxy) is 1. The molecule has 0 spiro atoms. The van der Waals surface area contributed by atoms with Crippen LogP contribution in [0.5, 0.6) is 0 Å². The molecule has 2 aromatic rings. The van der Waals surface area contributed by atoms with E-state index in [-0.39, 0.29) is 11.2 Å². The van der Waals surface area contributed by atoms with E-state index in [0.29, 0.717) is 30.3 Å². The molecule has 110 valence electrons. The first-order valence-corrected chi connectivity index (χ1v) is 6.34. The van der Waals surface area contributed by atoms with Crippen LogP contribution >= 0.6 is 0 Å². The van der Waals surface area contributed by atoms with Crippen LogP contribution in [0.1, 0.15) is 6.42 Å². The molecule has 8 heteroatoms. The quantitative estimate of drug-likeness (QED) is 0.741. The third-order valence-electron chi connectivity index (χ3n) is 3.28. The van der Waals surface area contributed by atoms with Gasteiger partial charge in [0.1, 0.15) is 0 Å². The summed E-state index contributed by atoms with van der Waals surface area (Å²) in [6, 6.07) is 0. The smallest absolute Gasteiger partial charge is 0.332 e. The van der Waals surface area contributed by atoms with Crippen LogP contribution < -0.4 is 16.6 Å². The number of anilines is 1. The highest BCUT2D eigenvalue weighted by atomic mass is 16.5. The largest absolute Gasteiger partial charge is 0.385 e. The molecule has 2 heterocycles. The number of fused-ring (bicyclic) bond motifs is 1. The minimum atomic E-state index is -0.383. The highest BCUT2D eigenvalue weighted by Gasteiger charge is 2.16. The lowest BCUT2D eigenvalue weighted by Crippen LogP contribution is -2.37. The number of aryl methyl sites for hydroxylation is 2. The van der Waals surface area contributed by atoms with Gasteiger partial charge in [-0.25, -0.2) is 4.79 Å². The Hall–Kier alpha value is -2.09. The fourth-order valence-electron chi connectivity index (χ4n) is 2.09. The second kappa shape index (κ2) is 5.49. The van der Waals surface area contributed by atoms with Crippen LogP contribution in [0.3, 0.4) is 0 Å². The fourth-order valence-corrected chi connectivity index (χ4v) is 2.09. The molecule has 0 fully saturated rings. The average Bonchev–Trinajstić information content (AvgIpc) is 2.76. The van der Waals surface area contributed by atoms with Crippen LogP contribution in [0, 0.1) is 0 Å². The second-order valence-electron chi connectivity index (χ2n) is 4.65. The summed E-state index contributed by atoms with van der Waals surface area (Å²) in [6.07, 6.45) is 0.830. The summed E-state index contributed by atoms with van der Waals surface area (Å²) >= 11 is 0. The number of rotatable bonds is 5. The fraction of sp³-hybridized carbons (Fsp3) is 0.583. The van der Waals surface area contributed by atoms with Gasteiger partial charge in [0.25, 0.3) is 5.56 Å². The zero-order valence-electron chi connectivity index (χ0n) is 12.1. The number of nitrogens with one attached hydrogen (secondary N) is 1. The molecule has 0 atom stereocenters. The Bertz CT molecular complexity index is 740. The maximum Gasteiger partial charge on any atom is 0.332 e. The van der Waals surface area contributed by atoms with Gasteiger partial charge >= 0.3 is 5.69 Å². The summed E-state index contributed by atoms with van der Waals surface area (Å²) in [7, 11) is 6.46. The van der Waals surface area contributed by atoms with Crippen LogP contribution in [0.2, 0.25) is 0 Å². The predicted molar refractivity (Wildman–Crippen MR) is 76.2 cm³/mol. The first kappa shape index (κ1) is 14.3. The van der Waals surface area contributed by atoms with Gasteiger partial charge in [0.2, 0.25) is 5.95 Å². The molecule has 1 N–H and O–H groups in total. The monoisotopic (exact) mass is 281 g/mol. The highest BCUT2D eigenvalue weighted by Crippen LogP contribution is 2.12. The molecule has 0 saturated carbocycles. The SMILES string of the molecule is COCCCNc1nc2c(c(=O)n(C)c(=O)n2C)n1C. The molecule has 0 amide bonds. The molecule has 8 nitrogen and oxygen atoms in total. The molecule has 0 aliphatic heterocycles. The van der Waals surface area contributed by atoms with E-state index in [1.807, 2.05) is 0 Å². The molecular formula is C12H19N5O3. The Kier molecular flexibility index (Phi) is 3.93. The first-order valence-electron chi connectivity index (χ1n) is 6.34. The maximum atomic E-state index is 12.2. The van der Waals surface area contributed by atoms with Crippen molar-refractivity contribution in [3.8, 4) is 0 Å². The minimum absolute atomic E-state index is 0.344. The van der Waals surface area contributed by atoms with Crippen molar-refractivity contribution in [2.45, 2.75) is 6.42 Å². The summed E-state index contributed by atoms with van der Waals surface area (Å²) in [4.78, 5) is 28.3. The molecule has 20 heavy (non-hydrogen) atoms. The van der Waals surface area contributed by atoms with Gasteiger partial charge in [0.05, 0.1) is 0 Å². The van der Waals surface area contributed by atoms with Gasteiger partial charge in [-0.1, -0.05) is 0 Å².